The molecule has 1 nitrogen and oxygen atoms in total. The molecule has 1 aromatic carbocycles. The van der Waals surface area contributed by atoms with Crippen molar-refractivity contribution in [2.45, 2.75) is 84.5 Å². The van der Waals surface area contributed by atoms with Crippen molar-refractivity contribution in [3.63, 3.8) is 0 Å². The van der Waals surface area contributed by atoms with E-state index in [4.69, 9.17) is 4.74 Å². The summed E-state index contributed by atoms with van der Waals surface area (Å²) in [6.07, 6.45) is 15.7. The third-order valence-electron chi connectivity index (χ3n) is 8.23. The van der Waals surface area contributed by atoms with Gasteiger partial charge in [0.1, 0.15) is 5.75 Å². The van der Waals surface area contributed by atoms with Crippen molar-refractivity contribution < 1.29 is 4.74 Å². The summed E-state index contributed by atoms with van der Waals surface area (Å²) >= 11 is 0. The smallest absolute Gasteiger partial charge is 0.119 e. The first kappa shape index (κ1) is 18.9. The van der Waals surface area contributed by atoms with Crippen LogP contribution in [0.2, 0.25) is 0 Å². The summed E-state index contributed by atoms with van der Waals surface area (Å²) in [4.78, 5) is 0. The van der Waals surface area contributed by atoms with Gasteiger partial charge in [-0.25, -0.2) is 0 Å². The van der Waals surface area contributed by atoms with Gasteiger partial charge in [-0.2, -0.15) is 0 Å². The third-order valence-corrected chi connectivity index (χ3v) is 8.23. The fourth-order valence-corrected chi connectivity index (χ4v) is 6.20. The lowest BCUT2D eigenvalue weighted by Gasteiger charge is -2.56. The van der Waals surface area contributed by atoms with Crippen LogP contribution >= 0.6 is 0 Å². The molecule has 0 aliphatic heterocycles. The molecule has 0 spiro atoms. The van der Waals surface area contributed by atoms with E-state index in [9.17, 15) is 0 Å². The van der Waals surface area contributed by atoms with Gasteiger partial charge in [0.05, 0.1) is 6.61 Å². The average molecular weight is 365 g/mol. The van der Waals surface area contributed by atoms with Gasteiger partial charge in [0.25, 0.3) is 0 Å². The van der Waals surface area contributed by atoms with E-state index in [1.807, 2.05) is 19.1 Å². The molecule has 0 aromatic heterocycles. The molecule has 0 atom stereocenters. The molecule has 0 radical (unpaired) electrons. The number of ether oxygens (including phenoxy) is 1. The third kappa shape index (κ3) is 3.91. The van der Waals surface area contributed by atoms with Gasteiger partial charge < -0.3 is 4.74 Å². The SMILES string of the molecule is CCOc1ccc(C#CC23CCC([C@H]4CC[C@H](CC)CC4)(CC2)CC3)cc1. The largest absolute Gasteiger partial charge is 0.494 e. The maximum absolute atomic E-state index is 5.54. The van der Waals surface area contributed by atoms with Crippen molar-refractivity contribution in [1.82, 2.24) is 0 Å². The van der Waals surface area contributed by atoms with E-state index < -0.39 is 0 Å². The molecule has 0 heterocycles. The lowest BCUT2D eigenvalue weighted by Crippen LogP contribution is -2.45. The van der Waals surface area contributed by atoms with E-state index in [0.29, 0.717) is 10.8 Å². The van der Waals surface area contributed by atoms with Crippen LogP contribution in [0.15, 0.2) is 24.3 Å². The van der Waals surface area contributed by atoms with Crippen LogP contribution in [0.25, 0.3) is 0 Å². The fraction of sp³-hybridized carbons (Fsp3) is 0.692. The average Bonchev–Trinajstić information content (AvgIpc) is 2.75. The second-order valence-corrected chi connectivity index (χ2v) is 9.48. The molecular weight excluding hydrogens is 328 g/mol. The summed E-state index contributed by atoms with van der Waals surface area (Å²) in [6, 6.07) is 8.31. The van der Waals surface area contributed by atoms with Gasteiger partial charge in [-0.3, -0.25) is 0 Å². The molecule has 0 unspecified atom stereocenters. The summed E-state index contributed by atoms with van der Waals surface area (Å²) in [6.45, 7) is 5.12. The predicted molar refractivity (Wildman–Crippen MR) is 113 cm³/mol. The molecular formula is C26H36O. The molecule has 0 saturated heterocycles. The Morgan fingerprint density at radius 2 is 1.52 bits per heavy atom. The zero-order valence-corrected chi connectivity index (χ0v) is 17.4. The molecule has 1 heteroatoms. The zero-order chi connectivity index (χ0) is 18.7. The molecule has 5 rings (SSSR count). The first-order valence-corrected chi connectivity index (χ1v) is 11.4. The second kappa shape index (κ2) is 7.90. The van der Waals surface area contributed by atoms with E-state index in [-0.39, 0.29) is 0 Å². The zero-order valence-electron chi connectivity index (χ0n) is 17.4. The van der Waals surface area contributed by atoms with Crippen LogP contribution in [0.5, 0.6) is 5.75 Å². The summed E-state index contributed by atoms with van der Waals surface area (Å²) in [5.74, 6) is 10.2. The van der Waals surface area contributed by atoms with Crippen molar-refractivity contribution in [2.24, 2.45) is 22.7 Å². The number of rotatable bonds is 4. The molecule has 2 bridgehead atoms. The molecule has 146 valence electrons. The molecule has 0 amide bonds. The first-order valence-electron chi connectivity index (χ1n) is 11.4. The van der Waals surface area contributed by atoms with Crippen molar-refractivity contribution in [1.29, 1.82) is 0 Å². The van der Waals surface area contributed by atoms with Crippen LogP contribution in [0.4, 0.5) is 0 Å². The maximum atomic E-state index is 5.54. The number of hydrogen-bond acceptors (Lipinski definition) is 1. The highest BCUT2D eigenvalue weighted by Gasteiger charge is 2.51. The summed E-state index contributed by atoms with van der Waals surface area (Å²) in [7, 11) is 0. The van der Waals surface area contributed by atoms with Gasteiger partial charge in [-0.05, 0) is 99.8 Å². The van der Waals surface area contributed by atoms with Crippen molar-refractivity contribution in [3.8, 4) is 17.6 Å². The highest BCUT2D eigenvalue weighted by Crippen LogP contribution is 2.62. The molecule has 4 aliphatic rings. The Morgan fingerprint density at radius 3 is 2.07 bits per heavy atom. The minimum Gasteiger partial charge on any atom is -0.494 e. The van der Waals surface area contributed by atoms with E-state index in [0.717, 1.165) is 29.8 Å². The Hall–Kier alpha value is -1.42. The van der Waals surface area contributed by atoms with Crippen LogP contribution in [0.3, 0.4) is 0 Å². The van der Waals surface area contributed by atoms with E-state index in [1.54, 1.807) is 0 Å². The maximum Gasteiger partial charge on any atom is 0.119 e. The highest BCUT2D eigenvalue weighted by atomic mass is 16.5. The first-order chi connectivity index (χ1) is 13.2. The predicted octanol–water partition coefficient (Wildman–Crippen LogP) is 6.99. The van der Waals surface area contributed by atoms with Gasteiger partial charge >= 0.3 is 0 Å². The van der Waals surface area contributed by atoms with E-state index in [1.165, 1.54) is 70.6 Å². The summed E-state index contributed by atoms with van der Waals surface area (Å²) in [5.41, 5.74) is 2.12. The molecule has 27 heavy (non-hydrogen) atoms. The normalized spacial score (nSPS) is 35.3. The standard InChI is InChI=1S/C26H36O/c1-3-21-5-9-23(10-6-21)26-18-15-25(16-19-26,17-20-26)14-13-22-7-11-24(12-8-22)27-4-2/h7-8,11-12,21,23H,3-6,9-10,15-20H2,1-2H3/t21-,23-,25?,26?. The van der Waals surface area contributed by atoms with Crippen LogP contribution in [-0.4, -0.2) is 6.61 Å². The lowest BCUT2D eigenvalue weighted by atomic mass is 9.48. The van der Waals surface area contributed by atoms with Gasteiger partial charge in [-0.1, -0.05) is 38.0 Å². The van der Waals surface area contributed by atoms with E-state index >= 15 is 0 Å². The van der Waals surface area contributed by atoms with Gasteiger partial charge in [0.15, 0.2) is 0 Å². The van der Waals surface area contributed by atoms with Crippen LogP contribution in [0.1, 0.15) is 90.0 Å². The summed E-state index contributed by atoms with van der Waals surface area (Å²) in [5, 5.41) is 0. The van der Waals surface area contributed by atoms with Crippen molar-refractivity contribution in [2.75, 3.05) is 6.61 Å². The molecule has 1 aromatic rings. The number of hydrogen-bond donors (Lipinski definition) is 0. The molecule has 4 saturated carbocycles. The van der Waals surface area contributed by atoms with E-state index in [2.05, 4.69) is 30.9 Å². The van der Waals surface area contributed by atoms with Crippen molar-refractivity contribution >= 4 is 0 Å². The van der Waals surface area contributed by atoms with Crippen molar-refractivity contribution in [3.05, 3.63) is 29.8 Å². The van der Waals surface area contributed by atoms with Crippen LogP contribution in [-0.2, 0) is 0 Å². The number of fused-ring (bicyclic) bond motifs is 3. The Morgan fingerprint density at radius 1 is 0.889 bits per heavy atom. The Balaban J connectivity index is 1.38. The fourth-order valence-electron chi connectivity index (χ4n) is 6.20. The topological polar surface area (TPSA) is 9.23 Å². The molecule has 0 N–H and O–H groups in total. The van der Waals surface area contributed by atoms with Crippen LogP contribution in [0, 0.1) is 34.5 Å². The quantitative estimate of drug-likeness (QED) is 0.523. The van der Waals surface area contributed by atoms with Gasteiger partial charge in [0, 0.05) is 11.0 Å². The van der Waals surface area contributed by atoms with Gasteiger partial charge in [0.2, 0.25) is 0 Å². The Kier molecular flexibility index (Phi) is 5.54. The second-order valence-electron chi connectivity index (χ2n) is 9.48. The van der Waals surface area contributed by atoms with Crippen LogP contribution < -0.4 is 4.74 Å². The lowest BCUT2D eigenvalue weighted by molar-refractivity contribution is -0.0376. The number of benzene rings is 1. The highest BCUT2D eigenvalue weighted by molar-refractivity contribution is 5.39. The minimum absolute atomic E-state index is 0.307. The molecule has 4 aliphatic carbocycles. The Bertz CT molecular complexity index is 657. The Labute approximate surface area is 166 Å². The summed E-state index contributed by atoms with van der Waals surface area (Å²) < 4.78 is 5.54. The minimum atomic E-state index is 0.307. The monoisotopic (exact) mass is 364 g/mol. The molecule has 4 fully saturated rings. The van der Waals surface area contributed by atoms with Gasteiger partial charge in [-0.15, -0.1) is 0 Å².